The molecule has 0 spiro atoms. The summed E-state index contributed by atoms with van der Waals surface area (Å²) in [6.45, 7) is 0.510. The largest absolute Gasteiger partial charge is 0.489 e. The fraction of sp³-hybridized carbons (Fsp3) is 0.0741. The molecule has 1 amide bonds. The van der Waals surface area contributed by atoms with Crippen molar-refractivity contribution < 1.29 is 9.53 Å². The van der Waals surface area contributed by atoms with E-state index in [2.05, 4.69) is 5.32 Å². The van der Waals surface area contributed by atoms with Gasteiger partial charge in [0.15, 0.2) is 0 Å². The lowest BCUT2D eigenvalue weighted by Gasteiger charge is -2.17. The molecule has 0 aliphatic heterocycles. The highest BCUT2D eigenvalue weighted by atomic mass is 32.2. The number of ether oxygens (including phenoxy) is 1. The Morgan fingerprint density at radius 2 is 1.32 bits per heavy atom. The van der Waals surface area contributed by atoms with Crippen LogP contribution >= 0.6 is 11.8 Å². The zero-order valence-corrected chi connectivity index (χ0v) is 17.8. The fourth-order valence-corrected chi connectivity index (χ4v) is 4.16. The van der Waals surface area contributed by atoms with Gasteiger partial charge in [-0.15, -0.1) is 11.8 Å². The van der Waals surface area contributed by atoms with E-state index in [1.807, 2.05) is 115 Å². The summed E-state index contributed by atoms with van der Waals surface area (Å²) in [7, 11) is 0. The number of nitrogens with one attached hydrogen (secondary N) is 1. The molecule has 1 atom stereocenters. The number of hydrogen-bond acceptors (Lipinski definition) is 3. The van der Waals surface area contributed by atoms with Crippen LogP contribution in [0.4, 0.5) is 5.69 Å². The van der Waals surface area contributed by atoms with E-state index >= 15 is 0 Å². The summed E-state index contributed by atoms with van der Waals surface area (Å²) in [5.74, 6) is 0.707. The van der Waals surface area contributed by atoms with Gasteiger partial charge in [-0.25, -0.2) is 0 Å². The third-order valence-electron chi connectivity index (χ3n) is 4.71. The maximum absolute atomic E-state index is 13.1. The molecule has 4 aromatic rings. The van der Waals surface area contributed by atoms with E-state index in [0.717, 1.165) is 27.5 Å². The Labute approximate surface area is 187 Å². The Balaban J connectivity index is 1.43. The maximum atomic E-state index is 13.1. The summed E-state index contributed by atoms with van der Waals surface area (Å²) in [6.07, 6.45) is 0. The van der Waals surface area contributed by atoms with Gasteiger partial charge >= 0.3 is 0 Å². The highest BCUT2D eigenvalue weighted by Gasteiger charge is 2.22. The molecule has 0 heterocycles. The van der Waals surface area contributed by atoms with E-state index in [9.17, 15) is 4.79 Å². The first-order chi connectivity index (χ1) is 15.3. The van der Waals surface area contributed by atoms with Gasteiger partial charge in [-0.1, -0.05) is 78.9 Å². The van der Waals surface area contributed by atoms with E-state index in [0.29, 0.717) is 6.61 Å². The number of anilines is 1. The summed E-state index contributed by atoms with van der Waals surface area (Å²) in [4.78, 5) is 14.2. The third kappa shape index (κ3) is 6.00. The molecule has 31 heavy (non-hydrogen) atoms. The summed E-state index contributed by atoms with van der Waals surface area (Å²) < 4.78 is 5.83. The van der Waals surface area contributed by atoms with Crippen molar-refractivity contribution in [3.63, 3.8) is 0 Å². The zero-order valence-electron chi connectivity index (χ0n) is 17.0. The first-order valence-corrected chi connectivity index (χ1v) is 11.0. The molecule has 0 unspecified atom stereocenters. The summed E-state index contributed by atoms with van der Waals surface area (Å²) in [5.41, 5.74) is 2.83. The minimum Gasteiger partial charge on any atom is -0.489 e. The van der Waals surface area contributed by atoms with Crippen LogP contribution in [0.3, 0.4) is 0 Å². The molecule has 4 aromatic carbocycles. The molecule has 0 aliphatic rings. The van der Waals surface area contributed by atoms with E-state index in [4.69, 9.17) is 4.74 Å². The topological polar surface area (TPSA) is 38.3 Å². The van der Waals surface area contributed by atoms with E-state index in [-0.39, 0.29) is 11.2 Å². The normalized spacial score (nSPS) is 11.5. The second kappa shape index (κ2) is 10.5. The van der Waals surface area contributed by atoms with Gasteiger partial charge < -0.3 is 10.1 Å². The van der Waals surface area contributed by atoms with Crippen molar-refractivity contribution in [2.45, 2.75) is 16.8 Å². The van der Waals surface area contributed by atoms with Crippen molar-refractivity contribution in [2.75, 3.05) is 5.32 Å². The zero-order chi connectivity index (χ0) is 21.3. The average Bonchev–Trinajstić information content (AvgIpc) is 2.84. The van der Waals surface area contributed by atoms with Gasteiger partial charge in [-0.2, -0.15) is 0 Å². The van der Waals surface area contributed by atoms with E-state index < -0.39 is 0 Å². The molecule has 0 saturated carbocycles. The maximum Gasteiger partial charge on any atom is 0.242 e. The number of carbonyl (C=O) groups excluding carboxylic acids is 1. The smallest absolute Gasteiger partial charge is 0.242 e. The van der Waals surface area contributed by atoms with Crippen molar-refractivity contribution >= 4 is 23.4 Å². The van der Waals surface area contributed by atoms with Crippen molar-refractivity contribution in [1.82, 2.24) is 0 Å². The van der Waals surface area contributed by atoms with Gasteiger partial charge in [-0.3, -0.25) is 4.79 Å². The first-order valence-electron chi connectivity index (χ1n) is 10.1. The molecule has 3 nitrogen and oxygen atoms in total. The van der Waals surface area contributed by atoms with Gasteiger partial charge in [0.2, 0.25) is 5.91 Å². The SMILES string of the molecule is O=C(Nc1ccc(OCc2ccccc2)cc1)[C@H](Sc1ccccc1)c1ccccc1. The van der Waals surface area contributed by atoms with Crippen LogP contribution in [-0.4, -0.2) is 5.91 Å². The van der Waals surface area contributed by atoms with Crippen molar-refractivity contribution in [3.05, 3.63) is 126 Å². The predicted octanol–water partition coefficient (Wildman–Crippen LogP) is 6.74. The molecule has 0 aliphatic carbocycles. The van der Waals surface area contributed by atoms with E-state index in [1.165, 1.54) is 0 Å². The standard InChI is InChI=1S/C27H23NO2S/c29-27(26(22-12-6-2-7-13-22)31-25-14-8-3-9-15-25)28-23-16-18-24(19-17-23)30-20-21-10-4-1-5-11-21/h1-19,26H,20H2,(H,28,29)/t26-/m1/s1. The summed E-state index contributed by atoms with van der Waals surface area (Å²) in [6, 6.07) is 37.4. The quantitative estimate of drug-likeness (QED) is 0.318. The van der Waals surface area contributed by atoms with Crippen LogP contribution < -0.4 is 10.1 Å². The Bertz CT molecular complexity index is 1080. The second-order valence-electron chi connectivity index (χ2n) is 7.01. The number of carbonyl (C=O) groups is 1. The molecular weight excluding hydrogens is 402 g/mol. The molecule has 4 rings (SSSR count). The van der Waals surface area contributed by atoms with Crippen LogP contribution in [0.2, 0.25) is 0 Å². The van der Waals surface area contributed by atoms with E-state index in [1.54, 1.807) is 11.8 Å². The highest BCUT2D eigenvalue weighted by molar-refractivity contribution is 8.00. The molecule has 4 heteroatoms. The second-order valence-corrected chi connectivity index (χ2v) is 8.19. The van der Waals surface area contributed by atoms with Gasteiger partial charge in [0.05, 0.1) is 0 Å². The number of amides is 1. The molecular formula is C27H23NO2S. The van der Waals surface area contributed by atoms with Crippen molar-refractivity contribution in [1.29, 1.82) is 0 Å². The molecule has 0 fully saturated rings. The first kappa shape index (κ1) is 20.8. The number of rotatable bonds is 8. The number of thioether (sulfide) groups is 1. The lowest BCUT2D eigenvalue weighted by Crippen LogP contribution is -2.19. The van der Waals surface area contributed by atoms with Crippen molar-refractivity contribution in [2.24, 2.45) is 0 Å². The van der Waals surface area contributed by atoms with Crippen LogP contribution in [-0.2, 0) is 11.4 Å². The fourth-order valence-electron chi connectivity index (χ4n) is 3.12. The monoisotopic (exact) mass is 425 g/mol. The van der Waals surface area contributed by atoms with Crippen LogP contribution in [0.1, 0.15) is 16.4 Å². The highest BCUT2D eigenvalue weighted by Crippen LogP contribution is 2.36. The summed E-state index contributed by atoms with van der Waals surface area (Å²) >= 11 is 1.54. The Morgan fingerprint density at radius 1 is 0.742 bits per heavy atom. The van der Waals surface area contributed by atoms with Crippen molar-refractivity contribution in [3.8, 4) is 5.75 Å². The van der Waals surface area contributed by atoms with Gasteiger partial charge in [0, 0.05) is 10.6 Å². The van der Waals surface area contributed by atoms with Crippen LogP contribution in [0.5, 0.6) is 5.75 Å². The van der Waals surface area contributed by atoms with Crippen LogP contribution in [0.15, 0.2) is 120 Å². The Kier molecular flexibility index (Phi) is 7.04. The minimum absolute atomic E-state index is 0.0574. The van der Waals surface area contributed by atoms with Crippen LogP contribution in [0, 0.1) is 0 Å². The molecule has 0 saturated heterocycles. The number of benzene rings is 4. The lowest BCUT2D eigenvalue weighted by molar-refractivity contribution is -0.115. The molecule has 0 radical (unpaired) electrons. The molecule has 0 bridgehead atoms. The molecule has 1 N–H and O–H groups in total. The average molecular weight is 426 g/mol. The minimum atomic E-state index is -0.349. The van der Waals surface area contributed by atoms with Crippen LogP contribution in [0.25, 0.3) is 0 Å². The van der Waals surface area contributed by atoms with Gasteiger partial charge in [0.1, 0.15) is 17.6 Å². The van der Waals surface area contributed by atoms with Gasteiger partial charge in [0.25, 0.3) is 0 Å². The van der Waals surface area contributed by atoms with Gasteiger partial charge in [-0.05, 0) is 47.5 Å². The Hall–Kier alpha value is -3.50. The predicted molar refractivity (Wildman–Crippen MR) is 127 cm³/mol. The Morgan fingerprint density at radius 3 is 1.97 bits per heavy atom. The molecule has 154 valence electrons. The number of hydrogen-bond donors (Lipinski definition) is 1. The third-order valence-corrected chi connectivity index (χ3v) is 5.97. The summed E-state index contributed by atoms with van der Waals surface area (Å²) in [5, 5.41) is 2.70. The lowest BCUT2D eigenvalue weighted by atomic mass is 10.1. The molecule has 0 aromatic heterocycles.